The maximum Gasteiger partial charge on any atom is 0.135 e. The van der Waals surface area contributed by atoms with Crippen LogP contribution in [0.15, 0.2) is 169 Å². The molecular weight excluding hydrogens is 571 g/mol. The molecule has 0 aliphatic heterocycles. The first-order valence-electron chi connectivity index (χ1n) is 16.0. The van der Waals surface area contributed by atoms with E-state index in [1.165, 1.54) is 49.6 Å². The Morgan fingerprint density at radius 2 is 1.19 bits per heavy atom. The Hall–Kier alpha value is -6.12. The van der Waals surface area contributed by atoms with Gasteiger partial charge in [-0.2, -0.15) is 0 Å². The zero-order valence-electron chi connectivity index (χ0n) is 26.1. The highest BCUT2D eigenvalue weighted by Crippen LogP contribution is 2.39. The molecule has 0 aliphatic rings. The Balaban J connectivity index is 1.19. The molecule has 0 fully saturated rings. The van der Waals surface area contributed by atoms with Crippen molar-refractivity contribution in [1.82, 2.24) is 4.57 Å². The molecule has 0 aliphatic carbocycles. The summed E-state index contributed by atoms with van der Waals surface area (Å²) in [4.78, 5) is 0. The Kier molecular flexibility index (Phi) is 6.22. The molecule has 2 heterocycles. The Bertz CT molecular complexity index is 2650. The van der Waals surface area contributed by atoms with Crippen LogP contribution in [0.2, 0.25) is 0 Å². The molecule has 0 spiro atoms. The van der Waals surface area contributed by atoms with E-state index in [9.17, 15) is 0 Å². The fourth-order valence-electron chi connectivity index (χ4n) is 7.17. The van der Waals surface area contributed by atoms with Crippen molar-refractivity contribution in [2.75, 3.05) is 0 Å². The summed E-state index contributed by atoms with van der Waals surface area (Å²) >= 11 is 0. The van der Waals surface area contributed by atoms with Gasteiger partial charge < -0.3 is 8.98 Å². The third-order valence-electron chi connectivity index (χ3n) is 9.53. The van der Waals surface area contributed by atoms with Crippen molar-refractivity contribution in [3.8, 4) is 27.9 Å². The fraction of sp³-hybridized carbons (Fsp3) is 0.0222. The Morgan fingerprint density at radius 1 is 0.511 bits per heavy atom. The second-order valence-electron chi connectivity index (χ2n) is 12.3. The van der Waals surface area contributed by atoms with Gasteiger partial charge in [0.1, 0.15) is 11.2 Å². The van der Waals surface area contributed by atoms with Gasteiger partial charge in [0.05, 0.1) is 11.0 Å². The molecule has 222 valence electrons. The van der Waals surface area contributed by atoms with Gasteiger partial charge in [0, 0.05) is 27.2 Å². The lowest BCUT2D eigenvalue weighted by Gasteiger charge is -2.14. The van der Waals surface area contributed by atoms with Gasteiger partial charge >= 0.3 is 0 Å². The highest BCUT2D eigenvalue weighted by Gasteiger charge is 2.17. The van der Waals surface area contributed by atoms with Gasteiger partial charge in [-0.15, -0.1) is 0 Å². The lowest BCUT2D eigenvalue weighted by Crippen LogP contribution is -1.93. The summed E-state index contributed by atoms with van der Waals surface area (Å²) in [6.45, 7) is 6.77. The number of hydrogen-bond acceptors (Lipinski definition) is 1. The molecule has 0 radical (unpaired) electrons. The summed E-state index contributed by atoms with van der Waals surface area (Å²) in [5.74, 6) is 0. The molecule has 7 aromatic carbocycles. The summed E-state index contributed by atoms with van der Waals surface area (Å²) in [7, 11) is 0. The molecule has 0 saturated carbocycles. The molecule has 0 atom stereocenters. The highest BCUT2D eigenvalue weighted by molar-refractivity contribution is 6.12. The van der Waals surface area contributed by atoms with Crippen molar-refractivity contribution in [1.29, 1.82) is 0 Å². The van der Waals surface area contributed by atoms with E-state index in [0.29, 0.717) is 0 Å². The average molecular weight is 602 g/mol. The smallest absolute Gasteiger partial charge is 0.135 e. The number of benzene rings is 7. The fourth-order valence-corrected chi connectivity index (χ4v) is 7.17. The van der Waals surface area contributed by atoms with Gasteiger partial charge in [-0.1, -0.05) is 116 Å². The summed E-state index contributed by atoms with van der Waals surface area (Å²) in [6.07, 6.45) is 0. The van der Waals surface area contributed by atoms with Crippen molar-refractivity contribution in [3.63, 3.8) is 0 Å². The lowest BCUT2D eigenvalue weighted by molar-refractivity contribution is 0.669. The topological polar surface area (TPSA) is 18.1 Å². The molecule has 2 aromatic heterocycles. The predicted molar refractivity (Wildman–Crippen MR) is 198 cm³/mol. The van der Waals surface area contributed by atoms with Gasteiger partial charge in [0.2, 0.25) is 0 Å². The third kappa shape index (κ3) is 4.41. The number of fused-ring (bicyclic) bond motifs is 6. The quantitative estimate of drug-likeness (QED) is 0.192. The molecule has 9 aromatic rings. The van der Waals surface area contributed by atoms with Crippen LogP contribution in [0.4, 0.5) is 0 Å². The Labute approximate surface area is 273 Å². The maximum atomic E-state index is 6.37. The van der Waals surface area contributed by atoms with Crippen LogP contribution in [0, 0.1) is 6.92 Å². The molecule has 0 N–H and O–H groups in total. The van der Waals surface area contributed by atoms with Crippen LogP contribution in [0.1, 0.15) is 16.7 Å². The standard InChI is InChI=1S/C45H31NO/c1-29-12-6-7-15-35(29)37-17-9-8-16-36(37)30(2)32-21-24-44-40(26-32)41-28-34(22-25-45(41)47-44)46-42-19-11-10-18-38(42)39-27-33(20-23-43(39)46)31-13-4-3-5-14-31/h3-28H,2H2,1H3. The second kappa shape index (κ2) is 10.8. The molecule has 0 bridgehead atoms. The number of furan rings is 1. The van der Waals surface area contributed by atoms with Crippen LogP contribution < -0.4 is 0 Å². The molecular formula is C45H31NO. The van der Waals surface area contributed by atoms with E-state index in [0.717, 1.165) is 44.3 Å². The zero-order valence-corrected chi connectivity index (χ0v) is 26.1. The first kappa shape index (κ1) is 27.2. The largest absolute Gasteiger partial charge is 0.456 e. The number of aryl methyl sites for hydroxylation is 1. The minimum Gasteiger partial charge on any atom is -0.456 e. The van der Waals surface area contributed by atoms with Crippen molar-refractivity contribution >= 4 is 49.3 Å². The number of para-hydroxylation sites is 1. The van der Waals surface area contributed by atoms with Crippen molar-refractivity contribution in [2.45, 2.75) is 6.92 Å². The van der Waals surface area contributed by atoms with Crippen LogP contribution in [0.25, 0.3) is 77.3 Å². The van der Waals surface area contributed by atoms with Crippen LogP contribution in [-0.2, 0) is 0 Å². The number of hydrogen-bond donors (Lipinski definition) is 0. The van der Waals surface area contributed by atoms with E-state index in [4.69, 9.17) is 4.42 Å². The van der Waals surface area contributed by atoms with E-state index < -0.39 is 0 Å². The van der Waals surface area contributed by atoms with Crippen molar-refractivity contribution in [2.24, 2.45) is 0 Å². The van der Waals surface area contributed by atoms with E-state index in [-0.39, 0.29) is 0 Å². The highest BCUT2D eigenvalue weighted by atomic mass is 16.3. The van der Waals surface area contributed by atoms with Crippen molar-refractivity contribution < 1.29 is 4.42 Å². The molecule has 2 heteroatoms. The van der Waals surface area contributed by atoms with Gasteiger partial charge in [0.15, 0.2) is 0 Å². The number of nitrogens with zero attached hydrogens (tertiary/aromatic N) is 1. The summed E-state index contributed by atoms with van der Waals surface area (Å²) in [5.41, 5.74) is 14.5. The minimum atomic E-state index is 0.871. The summed E-state index contributed by atoms with van der Waals surface area (Å²) < 4.78 is 8.75. The molecule has 2 nitrogen and oxygen atoms in total. The summed E-state index contributed by atoms with van der Waals surface area (Å²) in [6, 6.07) is 56.1. The van der Waals surface area contributed by atoms with E-state index >= 15 is 0 Å². The molecule has 0 amide bonds. The van der Waals surface area contributed by atoms with Gasteiger partial charge in [-0.3, -0.25) is 0 Å². The number of aromatic nitrogens is 1. The normalized spacial score (nSPS) is 11.6. The first-order chi connectivity index (χ1) is 23.1. The predicted octanol–water partition coefficient (Wildman–Crippen LogP) is 12.4. The molecule has 47 heavy (non-hydrogen) atoms. The third-order valence-corrected chi connectivity index (χ3v) is 9.53. The van der Waals surface area contributed by atoms with E-state index in [1.807, 2.05) is 0 Å². The van der Waals surface area contributed by atoms with Gasteiger partial charge in [-0.05, 0) is 100.0 Å². The van der Waals surface area contributed by atoms with Crippen LogP contribution in [-0.4, -0.2) is 4.57 Å². The monoisotopic (exact) mass is 601 g/mol. The van der Waals surface area contributed by atoms with Crippen LogP contribution >= 0.6 is 0 Å². The molecule has 0 saturated heterocycles. The minimum absolute atomic E-state index is 0.871. The lowest BCUT2D eigenvalue weighted by atomic mass is 9.89. The Morgan fingerprint density at radius 3 is 2.04 bits per heavy atom. The van der Waals surface area contributed by atoms with Crippen LogP contribution in [0.5, 0.6) is 0 Å². The summed E-state index contributed by atoms with van der Waals surface area (Å²) in [5, 5.41) is 4.65. The second-order valence-corrected chi connectivity index (χ2v) is 12.3. The van der Waals surface area contributed by atoms with E-state index in [1.54, 1.807) is 0 Å². The maximum absolute atomic E-state index is 6.37. The zero-order chi connectivity index (χ0) is 31.5. The molecule has 9 rings (SSSR count). The average Bonchev–Trinajstić information content (AvgIpc) is 3.66. The first-order valence-corrected chi connectivity index (χ1v) is 16.0. The molecule has 0 unspecified atom stereocenters. The van der Waals surface area contributed by atoms with Gasteiger partial charge in [-0.25, -0.2) is 0 Å². The van der Waals surface area contributed by atoms with Gasteiger partial charge in [0.25, 0.3) is 0 Å². The SMILES string of the molecule is C=C(c1ccc2oc3ccc(-n4c5ccccc5c5cc(-c6ccccc6)ccc54)cc3c2c1)c1ccccc1-c1ccccc1C. The van der Waals surface area contributed by atoms with E-state index in [2.05, 4.69) is 176 Å². The van der Waals surface area contributed by atoms with Crippen LogP contribution in [0.3, 0.4) is 0 Å². The number of rotatable bonds is 5. The van der Waals surface area contributed by atoms with Crippen molar-refractivity contribution in [3.05, 3.63) is 181 Å².